The van der Waals surface area contributed by atoms with Gasteiger partial charge in [0, 0.05) is 13.0 Å². The number of rotatable bonds is 1. The van der Waals surface area contributed by atoms with Gasteiger partial charge in [-0.15, -0.1) is 0 Å². The highest BCUT2D eigenvalue weighted by atomic mass is 35.5. The topological polar surface area (TPSA) is 49.4 Å². The van der Waals surface area contributed by atoms with E-state index in [1.807, 2.05) is 6.92 Å². The second kappa shape index (κ2) is 4.75. The summed E-state index contributed by atoms with van der Waals surface area (Å²) in [5, 5.41) is 3.10. The van der Waals surface area contributed by atoms with Crippen molar-refractivity contribution in [2.24, 2.45) is 5.92 Å². The summed E-state index contributed by atoms with van der Waals surface area (Å²) < 4.78 is 0. The van der Waals surface area contributed by atoms with E-state index in [0.29, 0.717) is 23.7 Å². The van der Waals surface area contributed by atoms with E-state index in [-0.39, 0.29) is 11.8 Å². The molecule has 5 heteroatoms. The van der Waals surface area contributed by atoms with Crippen molar-refractivity contribution in [3.05, 3.63) is 29.3 Å². The van der Waals surface area contributed by atoms with Crippen molar-refractivity contribution in [1.82, 2.24) is 5.32 Å². The molecule has 0 aliphatic carbocycles. The molecule has 1 aromatic carbocycles. The number of imide groups is 1. The third-order valence-corrected chi connectivity index (χ3v) is 2.99. The summed E-state index contributed by atoms with van der Waals surface area (Å²) in [5.41, 5.74) is 0.436. The molecule has 1 heterocycles. The number of hydrogen-bond donors (Lipinski definition) is 1. The lowest BCUT2D eigenvalue weighted by atomic mass is 10.1. The average Bonchev–Trinajstić information content (AvgIpc) is 2.40. The van der Waals surface area contributed by atoms with Gasteiger partial charge in [-0.1, -0.05) is 30.7 Å². The van der Waals surface area contributed by atoms with E-state index in [1.165, 1.54) is 0 Å². The fraction of sp³-hybridized carbons (Fsp3) is 0.333. The maximum Gasteiger partial charge on any atom is 0.328 e. The molecule has 0 spiro atoms. The van der Waals surface area contributed by atoms with Crippen molar-refractivity contribution in [2.45, 2.75) is 13.3 Å². The molecule has 3 amide bonds. The fourth-order valence-corrected chi connectivity index (χ4v) is 2.01. The Bertz CT molecular complexity index is 462. The van der Waals surface area contributed by atoms with Crippen LogP contribution >= 0.6 is 11.6 Å². The largest absolute Gasteiger partial charge is 0.337 e. The van der Waals surface area contributed by atoms with Crippen molar-refractivity contribution in [3.8, 4) is 0 Å². The summed E-state index contributed by atoms with van der Waals surface area (Å²) in [7, 11) is 0. The van der Waals surface area contributed by atoms with Gasteiger partial charge in [0.2, 0.25) is 5.91 Å². The molecule has 4 nitrogen and oxygen atoms in total. The number of hydrogen-bond acceptors (Lipinski definition) is 2. The average molecular weight is 253 g/mol. The molecule has 0 radical (unpaired) electrons. The molecule has 0 saturated carbocycles. The van der Waals surface area contributed by atoms with E-state index >= 15 is 0 Å². The molecule has 90 valence electrons. The predicted molar refractivity (Wildman–Crippen MR) is 66.1 cm³/mol. The van der Waals surface area contributed by atoms with E-state index < -0.39 is 6.03 Å². The molecule has 2 rings (SSSR count). The molecular formula is C12H13ClN2O2. The van der Waals surface area contributed by atoms with Crippen LogP contribution in [-0.2, 0) is 4.79 Å². The molecule has 1 fully saturated rings. The minimum absolute atomic E-state index is 0.138. The first-order valence-corrected chi connectivity index (χ1v) is 5.82. The van der Waals surface area contributed by atoms with E-state index in [0.717, 1.165) is 4.90 Å². The van der Waals surface area contributed by atoms with Gasteiger partial charge < -0.3 is 5.32 Å². The van der Waals surface area contributed by atoms with Gasteiger partial charge in [0.1, 0.15) is 0 Å². The van der Waals surface area contributed by atoms with Crippen LogP contribution < -0.4 is 10.2 Å². The molecule has 1 atom stereocenters. The van der Waals surface area contributed by atoms with Gasteiger partial charge in [0.05, 0.1) is 10.7 Å². The van der Waals surface area contributed by atoms with Gasteiger partial charge in [-0.25, -0.2) is 9.69 Å². The summed E-state index contributed by atoms with van der Waals surface area (Å²) in [6.45, 7) is 2.43. The SMILES string of the molecule is CC1CNC(=O)N(c2ccccc2Cl)C(=O)C1. The number of anilines is 1. The molecule has 1 unspecified atom stereocenters. The Balaban J connectivity index is 2.38. The summed E-state index contributed by atoms with van der Waals surface area (Å²) >= 11 is 6.00. The summed E-state index contributed by atoms with van der Waals surface area (Å²) in [6, 6.07) is 6.42. The van der Waals surface area contributed by atoms with Crippen LogP contribution in [-0.4, -0.2) is 18.5 Å². The number of halogens is 1. The van der Waals surface area contributed by atoms with Crippen molar-refractivity contribution in [2.75, 3.05) is 11.4 Å². The zero-order valence-corrected chi connectivity index (χ0v) is 10.2. The molecule has 1 aromatic rings. The van der Waals surface area contributed by atoms with Gasteiger partial charge in [-0.2, -0.15) is 0 Å². The molecule has 1 aliphatic rings. The Kier molecular flexibility index (Phi) is 3.33. The highest BCUT2D eigenvalue weighted by molar-refractivity contribution is 6.35. The van der Waals surface area contributed by atoms with Gasteiger partial charge in [-0.3, -0.25) is 4.79 Å². The van der Waals surface area contributed by atoms with Crippen LogP contribution in [0.15, 0.2) is 24.3 Å². The quantitative estimate of drug-likeness (QED) is 0.835. The number of nitrogens with one attached hydrogen (secondary N) is 1. The minimum Gasteiger partial charge on any atom is -0.337 e. The van der Waals surface area contributed by atoms with Crippen LogP contribution in [0.25, 0.3) is 0 Å². The fourth-order valence-electron chi connectivity index (χ4n) is 1.79. The first kappa shape index (κ1) is 11.9. The highest BCUT2D eigenvalue weighted by Gasteiger charge is 2.29. The lowest BCUT2D eigenvalue weighted by Gasteiger charge is -2.19. The number of amides is 3. The zero-order valence-electron chi connectivity index (χ0n) is 9.44. The number of para-hydroxylation sites is 1. The first-order valence-electron chi connectivity index (χ1n) is 5.45. The van der Waals surface area contributed by atoms with E-state index in [9.17, 15) is 9.59 Å². The van der Waals surface area contributed by atoms with E-state index in [2.05, 4.69) is 5.32 Å². The summed E-state index contributed by atoms with van der Waals surface area (Å²) in [5.74, 6) is -0.0838. The van der Waals surface area contributed by atoms with Crippen LogP contribution in [0.4, 0.5) is 10.5 Å². The Hall–Kier alpha value is -1.55. The minimum atomic E-state index is -0.410. The summed E-state index contributed by atoms with van der Waals surface area (Å²) in [6.07, 6.45) is 0.337. The highest BCUT2D eigenvalue weighted by Crippen LogP contribution is 2.27. The number of carbonyl (C=O) groups excluding carboxylic acids is 2. The third kappa shape index (κ3) is 2.42. The third-order valence-electron chi connectivity index (χ3n) is 2.67. The van der Waals surface area contributed by atoms with Crippen molar-refractivity contribution < 1.29 is 9.59 Å². The molecule has 1 saturated heterocycles. The lowest BCUT2D eigenvalue weighted by molar-refractivity contribution is -0.118. The van der Waals surface area contributed by atoms with E-state index in [4.69, 9.17) is 11.6 Å². The Morgan fingerprint density at radius 1 is 1.35 bits per heavy atom. The lowest BCUT2D eigenvalue weighted by Crippen LogP contribution is -2.41. The van der Waals surface area contributed by atoms with Crippen molar-refractivity contribution in [3.63, 3.8) is 0 Å². The van der Waals surface area contributed by atoms with Crippen molar-refractivity contribution in [1.29, 1.82) is 0 Å². The second-order valence-corrected chi connectivity index (χ2v) is 4.58. The normalized spacial score (nSPS) is 21.1. The smallest absolute Gasteiger partial charge is 0.328 e. The number of nitrogens with zero attached hydrogens (tertiary/aromatic N) is 1. The Labute approximate surface area is 105 Å². The monoisotopic (exact) mass is 252 g/mol. The van der Waals surface area contributed by atoms with Crippen molar-refractivity contribution >= 4 is 29.2 Å². The standard InChI is InChI=1S/C12H13ClN2O2/c1-8-6-11(16)15(12(17)14-7-8)10-5-3-2-4-9(10)13/h2-5,8H,6-7H2,1H3,(H,14,17). The maximum absolute atomic E-state index is 12.0. The molecular weight excluding hydrogens is 240 g/mol. The Morgan fingerprint density at radius 2 is 2.06 bits per heavy atom. The van der Waals surface area contributed by atoms with E-state index in [1.54, 1.807) is 24.3 Å². The van der Waals surface area contributed by atoms with Gasteiger partial charge in [-0.05, 0) is 18.1 Å². The molecule has 1 aliphatic heterocycles. The van der Waals surface area contributed by atoms with Crippen LogP contribution in [0, 0.1) is 5.92 Å². The first-order chi connectivity index (χ1) is 8.09. The molecule has 1 N–H and O–H groups in total. The van der Waals surface area contributed by atoms with Crippen LogP contribution in [0.5, 0.6) is 0 Å². The maximum atomic E-state index is 12.0. The van der Waals surface area contributed by atoms with Gasteiger partial charge >= 0.3 is 6.03 Å². The predicted octanol–water partition coefficient (Wildman–Crippen LogP) is 2.42. The number of benzene rings is 1. The van der Waals surface area contributed by atoms with Crippen LogP contribution in [0.3, 0.4) is 0 Å². The number of carbonyl (C=O) groups is 2. The molecule has 17 heavy (non-hydrogen) atoms. The molecule has 0 bridgehead atoms. The zero-order chi connectivity index (χ0) is 12.4. The Morgan fingerprint density at radius 3 is 2.76 bits per heavy atom. The second-order valence-electron chi connectivity index (χ2n) is 4.18. The van der Waals surface area contributed by atoms with Crippen LogP contribution in [0.1, 0.15) is 13.3 Å². The summed E-state index contributed by atoms with van der Waals surface area (Å²) in [4.78, 5) is 25.0. The number of urea groups is 1. The molecule has 0 aromatic heterocycles. The van der Waals surface area contributed by atoms with Gasteiger partial charge in [0.25, 0.3) is 0 Å². The van der Waals surface area contributed by atoms with Gasteiger partial charge in [0.15, 0.2) is 0 Å². The van der Waals surface area contributed by atoms with Crippen LogP contribution in [0.2, 0.25) is 5.02 Å².